The molecule has 2 aromatic rings. The van der Waals surface area contributed by atoms with E-state index < -0.39 is 8.07 Å². The van der Waals surface area contributed by atoms with Crippen LogP contribution >= 0.6 is 0 Å². The lowest BCUT2D eigenvalue weighted by molar-refractivity contribution is 0.251. The molecule has 0 fully saturated rings. The first kappa shape index (κ1) is 13.1. The van der Waals surface area contributed by atoms with Crippen LogP contribution in [0.2, 0.25) is 13.1 Å². The molecule has 94 valence electrons. The van der Waals surface area contributed by atoms with Crippen molar-refractivity contribution in [1.82, 2.24) is 0 Å². The van der Waals surface area contributed by atoms with Crippen molar-refractivity contribution in [2.75, 3.05) is 0 Å². The van der Waals surface area contributed by atoms with E-state index >= 15 is 0 Å². The van der Waals surface area contributed by atoms with Gasteiger partial charge in [-0.1, -0.05) is 78.4 Å². The smallest absolute Gasteiger partial charge is 0.118 e. The molecule has 0 saturated carbocycles. The highest BCUT2D eigenvalue weighted by atomic mass is 28.3. The Morgan fingerprint density at radius 2 is 1.44 bits per heavy atom. The van der Waals surface area contributed by atoms with E-state index in [0.717, 1.165) is 5.56 Å². The van der Waals surface area contributed by atoms with E-state index in [9.17, 15) is 5.11 Å². The van der Waals surface area contributed by atoms with Crippen molar-refractivity contribution in [3.05, 3.63) is 65.7 Å². The van der Waals surface area contributed by atoms with Gasteiger partial charge in [0.25, 0.3) is 0 Å². The summed E-state index contributed by atoms with van der Waals surface area (Å²) in [6.07, 6.45) is 0. The van der Waals surface area contributed by atoms with Crippen molar-refractivity contribution >= 4 is 13.3 Å². The summed E-state index contributed by atoms with van der Waals surface area (Å²) in [4.78, 5) is 0. The average Bonchev–Trinajstić information content (AvgIpc) is 2.40. The Hall–Kier alpha value is -1.38. The summed E-state index contributed by atoms with van der Waals surface area (Å²) in [5.41, 5.74) is 1.90. The lowest BCUT2D eigenvalue weighted by Gasteiger charge is -2.29. The third-order valence-electron chi connectivity index (χ3n) is 3.59. The van der Waals surface area contributed by atoms with Crippen LogP contribution in [-0.2, 0) is 0 Å². The molecule has 1 N–H and O–H groups in total. The molecule has 0 aromatic heterocycles. The average molecular weight is 256 g/mol. The van der Waals surface area contributed by atoms with Crippen molar-refractivity contribution in [1.29, 1.82) is 0 Å². The van der Waals surface area contributed by atoms with Crippen LogP contribution in [0.1, 0.15) is 16.9 Å². The molecule has 0 heterocycles. The Labute approximate surface area is 110 Å². The molecule has 0 amide bonds. The lowest BCUT2D eigenvalue weighted by atomic mass is 10.2. The predicted molar refractivity (Wildman–Crippen MR) is 79.7 cm³/mol. The van der Waals surface area contributed by atoms with Gasteiger partial charge in [-0.2, -0.15) is 0 Å². The molecule has 1 atom stereocenters. The first-order valence-electron chi connectivity index (χ1n) is 6.32. The Morgan fingerprint density at radius 3 is 2.00 bits per heavy atom. The summed E-state index contributed by atoms with van der Waals surface area (Å²) in [5, 5.41) is 11.9. The second kappa shape index (κ2) is 5.08. The number of aliphatic hydroxyl groups excluding tert-OH is 1. The Morgan fingerprint density at radius 1 is 0.889 bits per heavy atom. The molecular formula is C16H20OSi. The summed E-state index contributed by atoms with van der Waals surface area (Å²) < 4.78 is 0. The van der Waals surface area contributed by atoms with Gasteiger partial charge < -0.3 is 5.11 Å². The normalized spacial score (nSPS) is 13.3. The predicted octanol–water partition coefficient (Wildman–Crippen LogP) is 3.18. The van der Waals surface area contributed by atoms with Gasteiger partial charge in [0.2, 0.25) is 0 Å². The highest BCUT2D eigenvalue weighted by Gasteiger charge is 2.33. The molecule has 1 unspecified atom stereocenters. The minimum absolute atomic E-state index is 0.361. The van der Waals surface area contributed by atoms with Gasteiger partial charge in [-0.3, -0.25) is 0 Å². The number of rotatable bonds is 3. The maximum Gasteiger partial charge on any atom is 0.118 e. The number of hydrogen-bond donors (Lipinski definition) is 1. The van der Waals surface area contributed by atoms with Crippen LogP contribution in [0.4, 0.5) is 0 Å². The van der Waals surface area contributed by atoms with Crippen molar-refractivity contribution < 1.29 is 5.11 Å². The quantitative estimate of drug-likeness (QED) is 0.836. The number of aliphatic hydroxyl groups is 1. The van der Waals surface area contributed by atoms with E-state index in [-0.39, 0.29) is 5.73 Å². The Balaban J connectivity index is 2.32. The van der Waals surface area contributed by atoms with Crippen LogP contribution in [0, 0.1) is 6.92 Å². The zero-order chi connectivity index (χ0) is 13.2. The molecule has 2 rings (SSSR count). The molecule has 0 aliphatic carbocycles. The molecule has 0 bridgehead atoms. The van der Waals surface area contributed by atoms with E-state index in [1.54, 1.807) is 0 Å². The molecular weight excluding hydrogens is 236 g/mol. The van der Waals surface area contributed by atoms with Crippen LogP contribution < -0.4 is 5.19 Å². The maximum atomic E-state index is 10.7. The van der Waals surface area contributed by atoms with E-state index in [4.69, 9.17) is 0 Å². The third kappa shape index (κ3) is 2.55. The molecule has 1 nitrogen and oxygen atoms in total. The first-order valence-corrected chi connectivity index (χ1v) is 9.39. The molecule has 0 aliphatic heterocycles. The fourth-order valence-corrected chi connectivity index (χ4v) is 4.58. The summed E-state index contributed by atoms with van der Waals surface area (Å²) in [7, 11) is -1.89. The lowest BCUT2D eigenvalue weighted by Crippen LogP contribution is -2.47. The van der Waals surface area contributed by atoms with E-state index in [1.807, 2.05) is 30.3 Å². The van der Waals surface area contributed by atoms with Gasteiger partial charge in [0, 0.05) is 0 Å². The van der Waals surface area contributed by atoms with Crippen LogP contribution in [0.15, 0.2) is 54.6 Å². The second-order valence-electron chi connectivity index (χ2n) is 5.40. The molecule has 18 heavy (non-hydrogen) atoms. The van der Waals surface area contributed by atoms with Crippen molar-refractivity contribution in [3.8, 4) is 0 Å². The molecule has 0 spiro atoms. The monoisotopic (exact) mass is 256 g/mol. The second-order valence-corrected chi connectivity index (χ2v) is 9.97. The van der Waals surface area contributed by atoms with E-state index in [0.29, 0.717) is 0 Å². The molecule has 2 aromatic carbocycles. The topological polar surface area (TPSA) is 20.2 Å². The van der Waals surface area contributed by atoms with Crippen LogP contribution in [0.3, 0.4) is 0 Å². The molecule has 0 aliphatic rings. The number of benzene rings is 2. The molecule has 0 saturated heterocycles. The van der Waals surface area contributed by atoms with Gasteiger partial charge in [0.15, 0.2) is 0 Å². The summed E-state index contributed by atoms with van der Waals surface area (Å²) in [6, 6.07) is 18.6. The Bertz CT molecular complexity index is 502. The van der Waals surface area contributed by atoms with E-state index in [2.05, 4.69) is 44.3 Å². The minimum Gasteiger partial charge on any atom is -0.392 e. The van der Waals surface area contributed by atoms with Gasteiger partial charge >= 0.3 is 0 Å². The van der Waals surface area contributed by atoms with Crippen LogP contribution in [0.25, 0.3) is 0 Å². The van der Waals surface area contributed by atoms with Gasteiger partial charge in [-0.25, -0.2) is 0 Å². The fraction of sp³-hybridized carbons (Fsp3) is 0.250. The SMILES string of the molecule is Cc1ccc(C(O)[Si](C)(C)c2ccccc2)cc1. The van der Waals surface area contributed by atoms with E-state index in [1.165, 1.54) is 10.8 Å². The zero-order valence-electron chi connectivity index (χ0n) is 11.2. The third-order valence-corrected chi connectivity index (χ3v) is 7.12. The number of hydrogen-bond acceptors (Lipinski definition) is 1. The van der Waals surface area contributed by atoms with Crippen molar-refractivity contribution in [3.63, 3.8) is 0 Å². The largest absolute Gasteiger partial charge is 0.392 e. The zero-order valence-corrected chi connectivity index (χ0v) is 12.2. The van der Waals surface area contributed by atoms with Gasteiger partial charge in [-0.15, -0.1) is 0 Å². The minimum atomic E-state index is -1.89. The summed E-state index contributed by atoms with van der Waals surface area (Å²) >= 11 is 0. The standard InChI is InChI=1S/C16H20OSi/c1-13-9-11-14(12-10-13)16(17)18(2,3)15-7-5-4-6-8-15/h4-12,16-17H,1-3H3. The summed E-state index contributed by atoms with van der Waals surface area (Å²) in [6.45, 7) is 6.50. The van der Waals surface area contributed by atoms with Crippen molar-refractivity contribution in [2.45, 2.75) is 25.7 Å². The van der Waals surface area contributed by atoms with Crippen molar-refractivity contribution in [2.24, 2.45) is 0 Å². The first-order chi connectivity index (χ1) is 8.51. The van der Waals surface area contributed by atoms with Gasteiger partial charge in [-0.05, 0) is 12.5 Å². The van der Waals surface area contributed by atoms with Gasteiger partial charge in [0.1, 0.15) is 8.07 Å². The van der Waals surface area contributed by atoms with Gasteiger partial charge in [0.05, 0.1) is 5.73 Å². The molecule has 2 heteroatoms. The Kier molecular flexibility index (Phi) is 3.69. The fourth-order valence-electron chi connectivity index (χ4n) is 2.19. The van der Waals surface area contributed by atoms with Crippen LogP contribution in [0.5, 0.6) is 0 Å². The maximum absolute atomic E-state index is 10.7. The summed E-state index contributed by atoms with van der Waals surface area (Å²) in [5.74, 6) is 0. The highest BCUT2D eigenvalue weighted by Crippen LogP contribution is 2.24. The van der Waals surface area contributed by atoms with Crippen LogP contribution in [-0.4, -0.2) is 13.2 Å². The molecule has 0 radical (unpaired) electrons. The number of aryl methyl sites for hydroxylation is 1. The highest BCUT2D eigenvalue weighted by molar-refractivity contribution is 6.90.